The van der Waals surface area contributed by atoms with E-state index in [1.807, 2.05) is 29.8 Å². The van der Waals surface area contributed by atoms with Gasteiger partial charge in [-0.2, -0.15) is 0 Å². The lowest BCUT2D eigenvalue weighted by Crippen LogP contribution is -1.93. The van der Waals surface area contributed by atoms with E-state index < -0.39 is 0 Å². The number of methoxy groups -OCH3 is 1. The highest BCUT2D eigenvalue weighted by Gasteiger charge is 2.12. The van der Waals surface area contributed by atoms with E-state index in [4.69, 9.17) is 4.74 Å². The second-order valence-corrected chi connectivity index (χ2v) is 3.64. The highest BCUT2D eigenvalue weighted by Crippen LogP contribution is 2.31. The van der Waals surface area contributed by atoms with Crippen molar-refractivity contribution in [1.82, 2.24) is 9.55 Å². The molecule has 0 radical (unpaired) electrons. The molecule has 0 N–H and O–H groups in total. The lowest BCUT2D eigenvalue weighted by Gasteiger charge is -2.08. The molecule has 0 spiro atoms. The van der Waals surface area contributed by atoms with Gasteiger partial charge < -0.3 is 9.30 Å². The van der Waals surface area contributed by atoms with Gasteiger partial charge in [0.15, 0.2) is 6.29 Å². The van der Waals surface area contributed by atoms with Gasteiger partial charge in [0.05, 0.1) is 24.7 Å². The average Bonchev–Trinajstić information content (AvgIpc) is 2.86. The quantitative estimate of drug-likeness (QED) is 0.757. The molecular weight excluding hydrogens is 216 g/mol. The minimum absolute atomic E-state index is 0.538. The van der Waals surface area contributed by atoms with E-state index in [1.54, 1.807) is 19.5 Å². The van der Waals surface area contributed by atoms with Crippen LogP contribution in [0.5, 0.6) is 5.75 Å². The third-order valence-corrected chi connectivity index (χ3v) is 2.65. The lowest BCUT2D eigenvalue weighted by atomic mass is 10.1. The molecule has 1 heterocycles. The summed E-state index contributed by atoms with van der Waals surface area (Å²) in [5.74, 6) is 0.573. The lowest BCUT2D eigenvalue weighted by molar-refractivity contribution is 0.112. The summed E-state index contributed by atoms with van der Waals surface area (Å²) in [5.41, 5.74) is 2.19. The highest BCUT2D eigenvalue weighted by molar-refractivity contribution is 5.85. The molecule has 88 valence electrons. The van der Waals surface area contributed by atoms with Gasteiger partial charge in [-0.3, -0.25) is 4.79 Å². The zero-order valence-corrected chi connectivity index (χ0v) is 9.88. The first-order chi connectivity index (χ1) is 8.30. The van der Waals surface area contributed by atoms with E-state index in [9.17, 15) is 4.79 Å². The Morgan fingerprint density at radius 3 is 2.88 bits per heavy atom. The Labute approximate surface area is 99.9 Å². The van der Waals surface area contributed by atoms with Crippen molar-refractivity contribution in [1.29, 1.82) is 0 Å². The monoisotopic (exact) mass is 230 g/mol. The summed E-state index contributed by atoms with van der Waals surface area (Å²) < 4.78 is 7.26. The van der Waals surface area contributed by atoms with Crippen LogP contribution in [0.15, 0.2) is 30.7 Å². The van der Waals surface area contributed by atoms with E-state index in [2.05, 4.69) is 4.98 Å². The van der Waals surface area contributed by atoms with Crippen LogP contribution in [0.1, 0.15) is 17.3 Å². The van der Waals surface area contributed by atoms with E-state index in [-0.39, 0.29) is 0 Å². The van der Waals surface area contributed by atoms with Crippen molar-refractivity contribution in [2.24, 2.45) is 0 Å². The van der Waals surface area contributed by atoms with Crippen molar-refractivity contribution in [2.45, 2.75) is 13.5 Å². The summed E-state index contributed by atoms with van der Waals surface area (Å²) in [5, 5.41) is 0. The Morgan fingerprint density at radius 2 is 2.29 bits per heavy atom. The summed E-state index contributed by atoms with van der Waals surface area (Å²) in [6.07, 6.45) is 4.49. The molecule has 0 unspecified atom stereocenters. The number of carbonyl (C=O) groups excluding carboxylic acids is 1. The molecule has 4 heteroatoms. The van der Waals surface area contributed by atoms with Gasteiger partial charge >= 0.3 is 0 Å². The maximum absolute atomic E-state index is 10.9. The molecule has 4 nitrogen and oxygen atoms in total. The fourth-order valence-corrected chi connectivity index (χ4v) is 1.75. The Balaban J connectivity index is 2.54. The van der Waals surface area contributed by atoms with Crippen molar-refractivity contribution in [3.8, 4) is 17.0 Å². The van der Waals surface area contributed by atoms with Crippen LogP contribution in [0.25, 0.3) is 11.3 Å². The SMILES string of the molecule is CCn1cnc(-c2cccc(C=O)c2OC)c1. The molecule has 0 aliphatic heterocycles. The van der Waals surface area contributed by atoms with Gasteiger partial charge in [-0.15, -0.1) is 0 Å². The number of carbonyl (C=O) groups is 1. The molecule has 1 aromatic heterocycles. The summed E-state index contributed by atoms with van der Waals surface area (Å²) >= 11 is 0. The largest absolute Gasteiger partial charge is 0.495 e. The zero-order chi connectivity index (χ0) is 12.3. The minimum atomic E-state index is 0.538. The number of nitrogens with zero attached hydrogens (tertiary/aromatic N) is 2. The Bertz CT molecular complexity index is 532. The molecule has 0 saturated heterocycles. The first-order valence-electron chi connectivity index (χ1n) is 5.44. The van der Waals surface area contributed by atoms with E-state index in [0.29, 0.717) is 11.3 Å². The molecule has 0 aliphatic rings. The number of rotatable bonds is 4. The standard InChI is InChI=1S/C13H14N2O2/c1-3-15-7-12(14-9-15)11-6-4-5-10(8-16)13(11)17-2/h4-9H,3H2,1-2H3. The maximum atomic E-state index is 10.9. The normalized spacial score (nSPS) is 10.2. The number of aryl methyl sites for hydroxylation is 1. The van der Waals surface area contributed by atoms with E-state index in [0.717, 1.165) is 24.1 Å². The molecule has 0 aliphatic carbocycles. The van der Waals surface area contributed by atoms with Crippen LogP contribution >= 0.6 is 0 Å². The van der Waals surface area contributed by atoms with Crippen LogP contribution in [0.4, 0.5) is 0 Å². The van der Waals surface area contributed by atoms with Crippen LogP contribution in [0.2, 0.25) is 0 Å². The molecule has 0 bridgehead atoms. The second-order valence-electron chi connectivity index (χ2n) is 3.64. The summed E-state index contributed by atoms with van der Waals surface area (Å²) in [4.78, 5) is 15.2. The number of hydrogen-bond donors (Lipinski definition) is 0. The summed E-state index contributed by atoms with van der Waals surface area (Å²) in [7, 11) is 1.56. The molecule has 0 fully saturated rings. The number of ether oxygens (including phenoxy) is 1. The van der Waals surface area contributed by atoms with Crippen LogP contribution in [-0.2, 0) is 6.54 Å². The molecular formula is C13H14N2O2. The predicted octanol–water partition coefficient (Wildman–Crippen LogP) is 2.39. The number of aldehydes is 1. The van der Waals surface area contributed by atoms with Gasteiger partial charge in [0.2, 0.25) is 0 Å². The Hall–Kier alpha value is -2.10. The van der Waals surface area contributed by atoms with Crippen molar-refractivity contribution in [3.05, 3.63) is 36.3 Å². The maximum Gasteiger partial charge on any atom is 0.153 e. The van der Waals surface area contributed by atoms with Gasteiger partial charge in [-0.25, -0.2) is 4.98 Å². The van der Waals surface area contributed by atoms with Crippen LogP contribution in [-0.4, -0.2) is 22.9 Å². The smallest absolute Gasteiger partial charge is 0.153 e. The number of imidazole rings is 1. The Morgan fingerprint density at radius 1 is 1.47 bits per heavy atom. The van der Waals surface area contributed by atoms with Crippen molar-refractivity contribution >= 4 is 6.29 Å². The molecule has 1 aromatic carbocycles. The fourth-order valence-electron chi connectivity index (χ4n) is 1.75. The molecule has 0 saturated carbocycles. The van der Waals surface area contributed by atoms with Crippen LogP contribution < -0.4 is 4.74 Å². The minimum Gasteiger partial charge on any atom is -0.495 e. The van der Waals surface area contributed by atoms with E-state index >= 15 is 0 Å². The van der Waals surface area contributed by atoms with E-state index in [1.165, 1.54) is 0 Å². The van der Waals surface area contributed by atoms with Gasteiger partial charge in [0, 0.05) is 18.3 Å². The summed E-state index contributed by atoms with van der Waals surface area (Å²) in [6.45, 7) is 2.91. The fraction of sp³-hybridized carbons (Fsp3) is 0.231. The number of para-hydroxylation sites is 1. The predicted molar refractivity (Wildman–Crippen MR) is 65.3 cm³/mol. The zero-order valence-electron chi connectivity index (χ0n) is 9.88. The molecule has 2 aromatic rings. The number of benzene rings is 1. The first-order valence-corrected chi connectivity index (χ1v) is 5.44. The van der Waals surface area contributed by atoms with Gasteiger partial charge in [-0.05, 0) is 19.1 Å². The average molecular weight is 230 g/mol. The molecule has 2 rings (SSSR count). The third-order valence-electron chi connectivity index (χ3n) is 2.65. The molecule has 17 heavy (non-hydrogen) atoms. The van der Waals surface area contributed by atoms with Gasteiger partial charge in [0.25, 0.3) is 0 Å². The van der Waals surface area contributed by atoms with Gasteiger partial charge in [0.1, 0.15) is 5.75 Å². The Kier molecular flexibility index (Phi) is 3.23. The second kappa shape index (κ2) is 4.82. The van der Waals surface area contributed by atoms with Crippen molar-refractivity contribution in [2.75, 3.05) is 7.11 Å². The van der Waals surface area contributed by atoms with Crippen molar-refractivity contribution in [3.63, 3.8) is 0 Å². The van der Waals surface area contributed by atoms with Crippen LogP contribution in [0, 0.1) is 0 Å². The highest BCUT2D eigenvalue weighted by atomic mass is 16.5. The number of aromatic nitrogens is 2. The topological polar surface area (TPSA) is 44.1 Å². The molecule has 0 amide bonds. The summed E-state index contributed by atoms with van der Waals surface area (Å²) in [6, 6.07) is 5.45. The van der Waals surface area contributed by atoms with Gasteiger partial charge in [-0.1, -0.05) is 6.07 Å². The van der Waals surface area contributed by atoms with Crippen LogP contribution in [0.3, 0.4) is 0 Å². The molecule has 0 atom stereocenters. The van der Waals surface area contributed by atoms with Crippen molar-refractivity contribution < 1.29 is 9.53 Å². The first kappa shape index (κ1) is 11.4. The third kappa shape index (κ3) is 2.06. The number of hydrogen-bond acceptors (Lipinski definition) is 3.